The van der Waals surface area contributed by atoms with Crippen LogP contribution in [-0.4, -0.2) is 23.3 Å². The first-order valence-corrected chi connectivity index (χ1v) is 8.52. The molecule has 27 heavy (non-hydrogen) atoms. The van der Waals surface area contributed by atoms with Crippen LogP contribution in [0.1, 0.15) is 6.42 Å². The largest absolute Gasteiger partial charge is 0.326 e. The number of carbonyl (C=O) groups excluding carboxylic acids is 2. The molecule has 2 amide bonds. The van der Waals surface area contributed by atoms with Crippen molar-refractivity contribution in [3.05, 3.63) is 62.4 Å². The smallest absolute Gasteiger partial charge is 0.306 e. The molecule has 1 fully saturated rings. The molecule has 0 bridgehead atoms. The Labute approximate surface area is 162 Å². The maximum atomic E-state index is 13.5. The summed E-state index contributed by atoms with van der Waals surface area (Å²) in [4.78, 5) is 35.9. The molecule has 1 atom stereocenters. The molecule has 1 aliphatic rings. The number of carbonyl (C=O) groups is 2. The third-order valence-corrected chi connectivity index (χ3v) is 4.86. The van der Waals surface area contributed by atoms with E-state index in [0.717, 1.165) is 12.1 Å². The summed E-state index contributed by atoms with van der Waals surface area (Å²) in [5, 5.41) is 14.1. The summed E-state index contributed by atoms with van der Waals surface area (Å²) in [7, 11) is 0. The van der Waals surface area contributed by atoms with Crippen LogP contribution in [-0.2, 0) is 9.59 Å². The molecule has 0 unspecified atom stereocenters. The highest BCUT2D eigenvalue weighted by Crippen LogP contribution is 2.31. The Bertz CT molecular complexity index is 954. The zero-order valence-electron chi connectivity index (χ0n) is 13.6. The third kappa shape index (κ3) is 4.01. The number of anilines is 2. The van der Waals surface area contributed by atoms with E-state index in [4.69, 9.17) is 23.2 Å². The van der Waals surface area contributed by atoms with Crippen molar-refractivity contribution in [2.75, 3.05) is 16.8 Å². The lowest BCUT2D eigenvalue weighted by Crippen LogP contribution is -2.28. The molecule has 140 valence electrons. The van der Waals surface area contributed by atoms with Crippen molar-refractivity contribution < 1.29 is 18.9 Å². The highest BCUT2D eigenvalue weighted by atomic mass is 35.5. The molecule has 2 aromatic rings. The number of benzene rings is 2. The van der Waals surface area contributed by atoms with Gasteiger partial charge in [0.05, 0.1) is 26.6 Å². The molecule has 0 radical (unpaired) electrons. The Kier molecular flexibility index (Phi) is 5.29. The van der Waals surface area contributed by atoms with E-state index in [9.17, 15) is 24.1 Å². The van der Waals surface area contributed by atoms with Gasteiger partial charge in [-0.2, -0.15) is 4.39 Å². The normalized spacial score (nSPS) is 16.5. The van der Waals surface area contributed by atoms with Gasteiger partial charge in [-0.3, -0.25) is 19.7 Å². The van der Waals surface area contributed by atoms with E-state index in [1.165, 1.54) is 23.1 Å². The third-order valence-electron chi connectivity index (χ3n) is 4.12. The Hall–Kier alpha value is -2.71. The van der Waals surface area contributed by atoms with Crippen LogP contribution in [0.2, 0.25) is 10.0 Å². The zero-order valence-corrected chi connectivity index (χ0v) is 15.1. The van der Waals surface area contributed by atoms with E-state index in [1.807, 2.05) is 0 Å². The quantitative estimate of drug-likeness (QED) is 0.606. The van der Waals surface area contributed by atoms with E-state index in [1.54, 1.807) is 6.07 Å². The minimum atomic E-state index is -0.996. The Morgan fingerprint density at radius 3 is 2.63 bits per heavy atom. The number of halogens is 3. The highest BCUT2D eigenvalue weighted by Gasteiger charge is 2.36. The lowest BCUT2D eigenvalue weighted by molar-refractivity contribution is -0.387. The monoisotopic (exact) mass is 411 g/mol. The molecule has 0 spiro atoms. The van der Waals surface area contributed by atoms with Gasteiger partial charge < -0.3 is 10.2 Å². The van der Waals surface area contributed by atoms with Crippen LogP contribution in [0.5, 0.6) is 0 Å². The fourth-order valence-corrected chi connectivity index (χ4v) is 3.06. The van der Waals surface area contributed by atoms with Gasteiger partial charge in [0.25, 0.3) is 0 Å². The second-order valence-electron chi connectivity index (χ2n) is 5.92. The number of hydrogen-bond donors (Lipinski definition) is 1. The van der Waals surface area contributed by atoms with Gasteiger partial charge in [0.2, 0.25) is 17.6 Å². The van der Waals surface area contributed by atoms with Crippen molar-refractivity contribution in [2.24, 2.45) is 5.92 Å². The number of hydrogen-bond acceptors (Lipinski definition) is 4. The van der Waals surface area contributed by atoms with Gasteiger partial charge in [0.1, 0.15) is 0 Å². The SMILES string of the molecule is O=C(Nc1ccc(Cl)c(Cl)c1)[C@H]1CC(=O)N(c2ccc(F)c([N+](=O)[O-])c2)C1. The summed E-state index contributed by atoms with van der Waals surface area (Å²) in [5.74, 6) is -2.45. The standard InChI is InChI=1S/C17H12Cl2FN3O4/c18-12-3-1-10(6-13(12)19)21-17(25)9-5-16(24)22(8-9)11-2-4-14(20)15(7-11)23(26)27/h1-4,6-7,9H,5,8H2,(H,21,25)/t9-/m0/s1. The summed E-state index contributed by atoms with van der Waals surface area (Å²) in [6.45, 7) is 0.0226. The predicted molar refractivity (Wildman–Crippen MR) is 98.6 cm³/mol. The fraction of sp³-hybridized carbons (Fsp3) is 0.176. The van der Waals surface area contributed by atoms with Gasteiger partial charge in [-0.15, -0.1) is 0 Å². The van der Waals surface area contributed by atoms with Crippen molar-refractivity contribution in [1.29, 1.82) is 0 Å². The van der Waals surface area contributed by atoms with E-state index < -0.39 is 28.3 Å². The second kappa shape index (κ2) is 7.50. The van der Waals surface area contributed by atoms with Gasteiger partial charge >= 0.3 is 5.69 Å². The van der Waals surface area contributed by atoms with E-state index >= 15 is 0 Å². The Morgan fingerprint density at radius 2 is 1.96 bits per heavy atom. The van der Waals surface area contributed by atoms with E-state index in [-0.39, 0.29) is 29.6 Å². The van der Waals surface area contributed by atoms with Crippen LogP contribution >= 0.6 is 23.2 Å². The summed E-state index contributed by atoms with van der Waals surface area (Å²) >= 11 is 11.7. The fourth-order valence-electron chi connectivity index (χ4n) is 2.76. The van der Waals surface area contributed by atoms with E-state index in [2.05, 4.69) is 5.32 Å². The Morgan fingerprint density at radius 1 is 1.22 bits per heavy atom. The molecule has 7 nitrogen and oxygen atoms in total. The van der Waals surface area contributed by atoms with Crippen LogP contribution in [0.15, 0.2) is 36.4 Å². The topological polar surface area (TPSA) is 92.6 Å². The van der Waals surface area contributed by atoms with Crippen LogP contribution in [0.4, 0.5) is 21.5 Å². The molecule has 1 saturated heterocycles. The lowest BCUT2D eigenvalue weighted by Gasteiger charge is -2.16. The Balaban J connectivity index is 1.75. The maximum Gasteiger partial charge on any atom is 0.306 e. The molecule has 10 heteroatoms. The number of nitrogens with zero attached hydrogens (tertiary/aromatic N) is 2. The van der Waals surface area contributed by atoms with Gasteiger partial charge in [0.15, 0.2) is 0 Å². The molecule has 1 heterocycles. The van der Waals surface area contributed by atoms with Gasteiger partial charge in [-0.1, -0.05) is 23.2 Å². The number of nitro benzene ring substituents is 1. The van der Waals surface area contributed by atoms with Crippen molar-refractivity contribution >= 4 is 52.1 Å². The number of rotatable bonds is 4. The molecule has 2 aromatic carbocycles. The zero-order chi connectivity index (χ0) is 19.7. The van der Waals surface area contributed by atoms with Crippen LogP contribution < -0.4 is 10.2 Å². The van der Waals surface area contributed by atoms with Gasteiger partial charge in [-0.25, -0.2) is 0 Å². The number of nitrogens with one attached hydrogen (secondary N) is 1. The minimum absolute atomic E-state index is 0.0226. The second-order valence-corrected chi connectivity index (χ2v) is 6.73. The van der Waals surface area contributed by atoms with Crippen LogP contribution in [0.25, 0.3) is 0 Å². The average Bonchev–Trinajstić information content (AvgIpc) is 3.00. The first kappa shape index (κ1) is 19.1. The molecule has 1 aliphatic heterocycles. The molecular formula is C17H12Cl2FN3O4. The van der Waals surface area contributed by atoms with Gasteiger partial charge in [-0.05, 0) is 30.3 Å². The van der Waals surface area contributed by atoms with Crippen molar-refractivity contribution in [2.45, 2.75) is 6.42 Å². The maximum absolute atomic E-state index is 13.5. The average molecular weight is 412 g/mol. The summed E-state index contributed by atoms with van der Waals surface area (Å²) in [6, 6.07) is 7.75. The predicted octanol–water partition coefficient (Wildman–Crippen LogP) is 4.03. The molecule has 1 N–H and O–H groups in total. The van der Waals surface area contributed by atoms with Crippen LogP contribution in [0.3, 0.4) is 0 Å². The summed E-state index contributed by atoms with van der Waals surface area (Å²) in [5.41, 5.74) is -0.139. The van der Waals surface area contributed by atoms with Crippen LogP contribution in [0, 0.1) is 21.8 Å². The summed E-state index contributed by atoms with van der Waals surface area (Å²) < 4.78 is 13.5. The molecular weight excluding hydrogens is 400 g/mol. The highest BCUT2D eigenvalue weighted by molar-refractivity contribution is 6.42. The van der Waals surface area contributed by atoms with Crippen molar-refractivity contribution in [3.8, 4) is 0 Å². The minimum Gasteiger partial charge on any atom is -0.326 e. The first-order chi connectivity index (χ1) is 12.8. The van der Waals surface area contributed by atoms with E-state index in [0.29, 0.717) is 10.7 Å². The summed E-state index contributed by atoms with van der Waals surface area (Å²) in [6.07, 6.45) is -0.0711. The number of amides is 2. The molecule has 0 aliphatic carbocycles. The van der Waals surface area contributed by atoms with Crippen molar-refractivity contribution in [1.82, 2.24) is 0 Å². The first-order valence-electron chi connectivity index (χ1n) is 7.76. The van der Waals surface area contributed by atoms with Gasteiger partial charge in [0, 0.05) is 24.7 Å². The lowest BCUT2D eigenvalue weighted by atomic mass is 10.1. The molecule has 3 rings (SSSR count). The molecule has 0 aromatic heterocycles. The number of nitro groups is 1. The van der Waals surface area contributed by atoms with Crippen molar-refractivity contribution in [3.63, 3.8) is 0 Å². The molecule has 0 saturated carbocycles.